The maximum atomic E-state index is 11.6. The molecule has 2 N–H and O–H groups in total. The lowest BCUT2D eigenvalue weighted by atomic mass is 10.2. The van der Waals surface area contributed by atoms with Gasteiger partial charge in [0.1, 0.15) is 12.4 Å². The molecule has 0 radical (unpaired) electrons. The van der Waals surface area contributed by atoms with Gasteiger partial charge in [-0.25, -0.2) is 8.42 Å². The van der Waals surface area contributed by atoms with Crippen molar-refractivity contribution in [2.24, 2.45) is 4.99 Å². The smallest absolute Gasteiger partial charge is 0.191 e. The largest absolute Gasteiger partial charge is 0.492 e. The second-order valence-corrected chi connectivity index (χ2v) is 9.31. The minimum Gasteiger partial charge on any atom is -0.492 e. The van der Waals surface area contributed by atoms with Crippen LogP contribution in [0.3, 0.4) is 0 Å². The minimum absolute atomic E-state index is 0.0868. The standard InChI is InChI=1S/C19H30N4O4S/c1-20-19(22-17-6-13-28(24,25)15-17)21-14-16-4-2-3-5-18(16)27-12-9-23-7-10-26-11-8-23/h2-5,17H,6-15H2,1H3,(H2,20,21,22). The fourth-order valence-corrected chi connectivity index (χ4v) is 5.05. The fourth-order valence-electron chi connectivity index (χ4n) is 3.38. The quantitative estimate of drug-likeness (QED) is 0.492. The van der Waals surface area contributed by atoms with E-state index in [-0.39, 0.29) is 17.5 Å². The van der Waals surface area contributed by atoms with Gasteiger partial charge in [0.05, 0.1) is 24.7 Å². The SMILES string of the molecule is CN=C(NCc1ccccc1OCCN1CCOCC1)NC1CCS(=O)(=O)C1. The average molecular weight is 411 g/mol. The van der Waals surface area contributed by atoms with Crippen molar-refractivity contribution in [1.82, 2.24) is 15.5 Å². The van der Waals surface area contributed by atoms with E-state index in [1.165, 1.54) is 0 Å². The van der Waals surface area contributed by atoms with Gasteiger partial charge in [0.15, 0.2) is 15.8 Å². The van der Waals surface area contributed by atoms with Gasteiger partial charge in [-0.1, -0.05) is 18.2 Å². The van der Waals surface area contributed by atoms with Gasteiger partial charge in [-0.2, -0.15) is 0 Å². The number of hydrogen-bond donors (Lipinski definition) is 2. The number of aliphatic imine (C=N–C) groups is 1. The van der Waals surface area contributed by atoms with Gasteiger partial charge in [-0.15, -0.1) is 0 Å². The molecule has 3 rings (SSSR count). The molecule has 8 nitrogen and oxygen atoms in total. The molecule has 0 spiro atoms. The van der Waals surface area contributed by atoms with Crippen LogP contribution in [0.25, 0.3) is 0 Å². The first-order valence-electron chi connectivity index (χ1n) is 9.74. The zero-order valence-electron chi connectivity index (χ0n) is 16.4. The Morgan fingerprint density at radius 1 is 1.32 bits per heavy atom. The number of nitrogens with zero attached hydrogens (tertiary/aromatic N) is 2. The van der Waals surface area contributed by atoms with E-state index in [0.717, 1.165) is 44.2 Å². The van der Waals surface area contributed by atoms with E-state index in [1.54, 1.807) is 7.05 Å². The average Bonchev–Trinajstić information content (AvgIpc) is 3.05. The summed E-state index contributed by atoms with van der Waals surface area (Å²) in [7, 11) is -1.24. The van der Waals surface area contributed by atoms with Crippen LogP contribution in [0.5, 0.6) is 5.75 Å². The van der Waals surface area contributed by atoms with E-state index in [1.807, 2.05) is 24.3 Å². The van der Waals surface area contributed by atoms with Crippen molar-refractivity contribution in [3.05, 3.63) is 29.8 Å². The van der Waals surface area contributed by atoms with E-state index >= 15 is 0 Å². The van der Waals surface area contributed by atoms with Crippen LogP contribution in [0.2, 0.25) is 0 Å². The second kappa shape index (κ2) is 10.1. The summed E-state index contributed by atoms with van der Waals surface area (Å²) in [5, 5.41) is 6.45. The number of rotatable bonds is 7. The molecule has 2 aliphatic heterocycles. The highest BCUT2D eigenvalue weighted by atomic mass is 32.2. The van der Waals surface area contributed by atoms with E-state index in [2.05, 4.69) is 20.5 Å². The van der Waals surface area contributed by atoms with Crippen molar-refractivity contribution in [2.45, 2.75) is 19.0 Å². The lowest BCUT2D eigenvalue weighted by molar-refractivity contribution is 0.0322. The van der Waals surface area contributed by atoms with Crippen LogP contribution in [-0.4, -0.2) is 83.3 Å². The molecule has 28 heavy (non-hydrogen) atoms. The summed E-state index contributed by atoms with van der Waals surface area (Å²) >= 11 is 0. The highest BCUT2D eigenvalue weighted by Crippen LogP contribution is 2.18. The van der Waals surface area contributed by atoms with Crippen molar-refractivity contribution >= 4 is 15.8 Å². The molecule has 2 saturated heterocycles. The Kier molecular flexibility index (Phi) is 7.52. The van der Waals surface area contributed by atoms with Gasteiger partial charge >= 0.3 is 0 Å². The molecule has 0 amide bonds. The van der Waals surface area contributed by atoms with Crippen LogP contribution in [-0.2, 0) is 21.1 Å². The Morgan fingerprint density at radius 3 is 2.82 bits per heavy atom. The third kappa shape index (κ3) is 6.35. The van der Waals surface area contributed by atoms with E-state index in [0.29, 0.717) is 25.5 Å². The molecular formula is C19H30N4O4S. The molecule has 156 valence electrons. The number of benzene rings is 1. The van der Waals surface area contributed by atoms with Crippen LogP contribution in [0.15, 0.2) is 29.3 Å². The van der Waals surface area contributed by atoms with Gasteiger partial charge in [-0.05, 0) is 12.5 Å². The van der Waals surface area contributed by atoms with Crippen molar-refractivity contribution in [2.75, 3.05) is 58.0 Å². The molecule has 0 aromatic heterocycles. The van der Waals surface area contributed by atoms with Crippen LogP contribution < -0.4 is 15.4 Å². The monoisotopic (exact) mass is 410 g/mol. The molecule has 0 aliphatic carbocycles. The van der Waals surface area contributed by atoms with Crippen LogP contribution in [0.1, 0.15) is 12.0 Å². The molecule has 0 saturated carbocycles. The first-order chi connectivity index (χ1) is 13.6. The van der Waals surface area contributed by atoms with Crippen molar-refractivity contribution in [1.29, 1.82) is 0 Å². The molecule has 1 aromatic rings. The highest BCUT2D eigenvalue weighted by Gasteiger charge is 2.28. The predicted molar refractivity (Wildman–Crippen MR) is 110 cm³/mol. The van der Waals surface area contributed by atoms with Crippen molar-refractivity contribution in [3.8, 4) is 5.75 Å². The minimum atomic E-state index is -2.92. The molecule has 1 aromatic carbocycles. The highest BCUT2D eigenvalue weighted by molar-refractivity contribution is 7.91. The molecule has 2 heterocycles. The Labute approximate surface area is 167 Å². The fraction of sp³-hybridized carbons (Fsp3) is 0.632. The van der Waals surface area contributed by atoms with E-state index < -0.39 is 9.84 Å². The van der Waals surface area contributed by atoms with Gasteiger partial charge < -0.3 is 20.1 Å². The van der Waals surface area contributed by atoms with E-state index in [9.17, 15) is 8.42 Å². The lowest BCUT2D eigenvalue weighted by Crippen LogP contribution is -2.43. The predicted octanol–water partition coefficient (Wildman–Crippen LogP) is 0.250. The molecule has 1 atom stereocenters. The van der Waals surface area contributed by atoms with Crippen LogP contribution >= 0.6 is 0 Å². The number of ether oxygens (including phenoxy) is 2. The first kappa shape index (κ1) is 20.9. The number of para-hydroxylation sites is 1. The van der Waals surface area contributed by atoms with Crippen molar-refractivity contribution < 1.29 is 17.9 Å². The molecule has 2 fully saturated rings. The summed E-state index contributed by atoms with van der Waals surface area (Å²) in [6.45, 7) is 5.53. The molecule has 2 aliphatic rings. The molecule has 9 heteroatoms. The summed E-state index contributed by atoms with van der Waals surface area (Å²) in [4.78, 5) is 6.55. The van der Waals surface area contributed by atoms with Crippen LogP contribution in [0, 0.1) is 0 Å². The Bertz CT molecular complexity index is 763. The molecular weight excluding hydrogens is 380 g/mol. The van der Waals surface area contributed by atoms with Crippen molar-refractivity contribution in [3.63, 3.8) is 0 Å². The summed E-state index contributed by atoms with van der Waals surface area (Å²) in [6, 6.07) is 7.84. The Morgan fingerprint density at radius 2 is 2.11 bits per heavy atom. The summed E-state index contributed by atoms with van der Waals surface area (Å²) in [5.74, 6) is 1.85. The third-order valence-electron chi connectivity index (χ3n) is 4.98. The van der Waals surface area contributed by atoms with Crippen LogP contribution in [0.4, 0.5) is 0 Å². The third-order valence-corrected chi connectivity index (χ3v) is 6.75. The summed E-state index contributed by atoms with van der Waals surface area (Å²) in [5.41, 5.74) is 1.03. The topological polar surface area (TPSA) is 92.3 Å². The lowest BCUT2D eigenvalue weighted by Gasteiger charge is -2.26. The summed E-state index contributed by atoms with van der Waals surface area (Å²) in [6.07, 6.45) is 0.615. The van der Waals surface area contributed by atoms with Gasteiger partial charge in [0.2, 0.25) is 0 Å². The Hall–Kier alpha value is -1.84. The first-order valence-corrected chi connectivity index (χ1v) is 11.6. The number of guanidine groups is 1. The number of morpholine rings is 1. The van der Waals surface area contributed by atoms with Gasteiger partial charge in [0.25, 0.3) is 0 Å². The maximum Gasteiger partial charge on any atom is 0.191 e. The number of sulfone groups is 1. The zero-order chi connectivity index (χ0) is 19.8. The molecule has 1 unspecified atom stereocenters. The Balaban J connectivity index is 1.48. The number of nitrogens with one attached hydrogen (secondary N) is 2. The van der Waals surface area contributed by atoms with Gasteiger partial charge in [-0.3, -0.25) is 9.89 Å². The second-order valence-electron chi connectivity index (χ2n) is 7.08. The van der Waals surface area contributed by atoms with E-state index in [4.69, 9.17) is 9.47 Å². The summed E-state index contributed by atoms with van der Waals surface area (Å²) < 4.78 is 34.6. The maximum absolute atomic E-state index is 11.6. The normalized spacial score (nSPS) is 22.8. The number of hydrogen-bond acceptors (Lipinski definition) is 6. The van der Waals surface area contributed by atoms with Gasteiger partial charge in [0, 0.05) is 44.8 Å². The molecule has 0 bridgehead atoms. The zero-order valence-corrected chi connectivity index (χ0v) is 17.2.